The zero-order valence-electron chi connectivity index (χ0n) is 8.43. The molecule has 0 saturated heterocycles. The Labute approximate surface area is 99.8 Å². The maximum Gasteiger partial charge on any atom is 0.355 e. The Hall–Kier alpha value is -1.47. The summed E-state index contributed by atoms with van der Waals surface area (Å²) in [6, 6.07) is 0. The summed E-state index contributed by atoms with van der Waals surface area (Å²) in [7, 11) is 0. The summed E-state index contributed by atoms with van der Waals surface area (Å²) in [4.78, 5) is 19.8. The van der Waals surface area contributed by atoms with E-state index in [1.54, 1.807) is 16.8 Å². The molecule has 0 bridgehead atoms. The lowest BCUT2D eigenvalue weighted by atomic mass is 10.4. The van der Waals surface area contributed by atoms with Crippen LogP contribution in [-0.4, -0.2) is 21.0 Å². The molecule has 2 N–H and O–H groups in total. The van der Waals surface area contributed by atoms with Crippen molar-refractivity contribution < 1.29 is 9.90 Å². The second-order valence-electron chi connectivity index (χ2n) is 3.06. The molecular formula is C9H9N3O2S2. The van der Waals surface area contributed by atoms with Gasteiger partial charge in [-0.05, 0) is 6.92 Å². The summed E-state index contributed by atoms with van der Waals surface area (Å²) in [5.74, 6) is -1.00. The van der Waals surface area contributed by atoms with Gasteiger partial charge in [-0.15, -0.1) is 22.7 Å². The number of anilines is 1. The summed E-state index contributed by atoms with van der Waals surface area (Å²) < 4.78 is 0. The van der Waals surface area contributed by atoms with E-state index in [0.29, 0.717) is 11.7 Å². The molecule has 0 radical (unpaired) electrons. The smallest absolute Gasteiger partial charge is 0.355 e. The molecule has 0 aliphatic rings. The number of nitrogens with one attached hydrogen (secondary N) is 1. The fourth-order valence-corrected chi connectivity index (χ4v) is 2.51. The molecule has 0 fully saturated rings. The van der Waals surface area contributed by atoms with E-state index in [-0.39, 0.29) is 5.69 Å². The molecule has 2 aromatic heterocycles. The average molecular weight is 255 g/mol. The SMILES string of the molecule is Cc1ncsc1CNc1nc(C(=O)O)cs1. The number of thiazole rings is 2. The Morgan fingerprint density at radius 2 is 2.38 bits per heavy atom. The zero-order valence-corrected chi connectivity index (χ0v) is 10.1. The van der Waals surface area contributed by atoms with Gasteiger partial charge in [0.2, 0.25) is 0 Å². The summed E-state index contributed by atoms with van der Waals surface area (Å²) >= 11 is 2.86. The highest BCUT2D eigenvalue weighted by molar-refractivity contribution is 7.14. The van der Waals surface area contributed by atoms with Crippen LogP contribution in [0.3, 0.4) is 0 Å². The average Bonchev–Trinajstić information content (AvgIpc) is 2.83. The number of nitrogens with zero attached hydrogens (tertiary/aromatic N) is 2. The highest BCUT2D eigenvalue weighted by Gasteiger charge is 2.08. The van der Waals surface area contributed by atoms with Crippen molar-refractivity contribution >= 4 is 33.8 Å². The molecule has 0 amide bonds. The number of hydrogen-bond acceptors (Lipinski definition) is 6. The van der Waals surface area contributed by atoms with E-state index < -0.39 is 5.97 Å². The number of carboxylic acids is 1. The van der Waals surface area contributed by atoms with E-state index >= 15 is 0 Å². The van der Waals surface area contributed by atoms with Gasteiger partial charge in [-0.2, -0.15) is 0 Å². The molecule has 5 nitrogen and oxygen atoms in total. The van der Waals surface area contributed by atoms with Crippen molar-refractivity contribution in [3.8, 4) is 0 Å². The summed E-state index contributed by atoms with van der Waals surface area (Å²) in [5.41, 5.74) is 2.86. The summed E-state index contributed by atoms with van der Waals surface area (Å²) in [6.45, 7) is 2.57. The van der Waals surface area contributed by atoms with Gasteiger partial charge >= 0.3 is 5.97 Å². The van der Waals surface area contributed by atoms with E-state index in [9.17, 15) is 4.79 Å². The van der Waals surface area contributed by atoms with Crippen LogP contribution < -0.4 is 5.32 Å². The first-order valence-electron chi connectivity index (χ1n) is 4.48. The molecule has 0 aromatic carbocycles. The lowest BCUT2D eigenvalue weighted by molar-refractivity contribution is 0.0691. The number of carbonyl (C=O) groups is 1. The van der Waals surface area contributed by atoms with Crippen LogP contribution in [0.15, 0.2) is 10.9 Å². The van der Waals surface area contributed by atoms with E-state index in [1.807, 2.05) is 6.92 Å². The largest absolute Gasteiger partial charge is 0.476 e. The number of aryl methyl sites for hydroxylation is 1. The van der Waals surface area contributed by atoms with Crippen LogP contribution in [0.1, 0.15) is 21.1 Å². The molecule has 0 aliphatic heterocycles. The Morgan fingerprint density at radius 3 is 2.94 bits per heavy atom. The third-order valence-corrected chi connectivity index (χ3v) is 3.70. The number of aromatic nitrogens is 2. The Balaban J connectivity index is 2.00. The number of carboxylic acid groups (broad SMARTS) is 1. The number of hydrogen-bond donors (Lipinski definition) is 2. The van der Waals surface area contributed by atoms with Gasteiger partial charge in [-0.1, -0.05) is 0 Å². The first-order valence-corrected chi connectivity index (χ1v) is 6.24. The van der Waals surface area contributed by atoms with Gasteiger partial charge in [0.25, 0.3) is 0 Å². The minimum atomic E-state index is -1.00. The standard InChI is InChI=1S/C9H9N3O2S2/c1-5-7(16-4-11-5)2-10-9-12-6(3-15-9)8(13)14/h3-4H,2H2,1H3,(H,10,12)(H,13,14). The van der Waals surface area contributed by atoms with Crippen LogP contribution in [0.5, 0.6) is 0 Å². The quantitative estimate of drug-likeness (QED) is 0.876. The molecule has 2 rings (SSSR count). The molecule has 7 heteroatoms. The molecule has 2 aromatic rings. The fraction of sp³-hybridized carbons (Fsp3) is 0.222. The van der Waals surface area contributed by atoms with Gasteiger partial charge in [0.15, 0.2) is 10.8 Å². The van der Waals surface area contributed by atoms with Crippen LogP contribution in [0.25, 0.3) is 0 Å². The normalized spacial score (nSPS) is 10.3. The molecule has 0 saturated carbocycles. The van der Waals surface area contributed by atoms with E-state index in [1.165, 1.54) is 16.7 Å². The van der Waals surface area contributed by atoms with E-state index in [2.05, 4.69) is 15.3 Å². The highest BCUT2D eigenvalue weighted by atomic mass is 32.1. The van der Waals surface area contributed by atoms with Crippen molar-refractivity contribution in [2.75, 3.05) is 5.32 Å². The monoisotopic (exact) mass is 255 g/mol. The fourth-order valence-electron chi connectivity index (χ4n) is 1.10. The minimum Gasteiger partial charge on any atom is -0.476 e. The Kier molecular flexibility index (Phi) is 3.16. The van der Waals surface area contributed by atoms with E-state index in [4.69, 9.17) is 5.11 Å². The van der Waals surface area contributed by atoms with Crippen molar-refractivity contribution in [1.82, 2.24) is 9.97 Å². The van der Waals surface area contributed by atoms with Gasteiger partial charge in [0.1, 0.15) is 0 Å². The second kappa shape index (κ2) is 4.58. The van der Waals surface area contributed by atoms with Crippen LogP contribution in [0.2, 0.25) is 0 Å². The van der Waals surface area contributed by atoms with Gasteiger partial charge < -0.3 is 10.4 Å². The molecule has 16 heavy (non-hydrogen) atoms. The van der Waals surface area contributed by atoms with E-state index in [0.717, 1.165) is 10.6 Å². The minimum absolute atomic E-state index is 0.0773. The van der Waals surface area contributed by atoms with Crippen LogP contribution in [0, 0.1) is 6.92 Å². The maximum absolute atomic E-state index is 10.6. The first-order chi connectivity index (χ1) is 7.66. The lowest BCUT2D eigenvalue weighted by Gasteiger charge is -1.99. The topological polar surface area (TPSA) is 75.1 Å². The van der Waals surface area contributed by atoms with Gasteiger partial charge in [-0.3, -0.25) is 0 Å². The van der Waals surface area contributed by atoms with Crippen molar-refractivity contribution in [2.45, 2.75) is 13.5 Å². The number of aromatic carboxylic acids is 1. The molecule has 0 atom stereocenters. The Bertz CT molecular complexity index is 506. The summed E-state index contributed by atoms with van der Waals surface area (Å²) in [6.07, 6.45) is 0. The lowest BCUT2D eigenvalue weighted by Crippen LogP contribution is -2.00. The molecule has 0 aliphatic carbocycles. The van der Waals surface area contributed by atoms with Gasteiger partial charge in [-0.25, -0.2) is 14.8 Å². The molecule has 0 unspecified atom stereocenters. The van der Waals surface area contributed by atoms with Crippen LogP contribution in [0.4, 0.5) is 5.13 Å². The Morgan fingerprint density at radius 1 is 1.56 bits per heavy atom. The molecule has 0 spiro atoms. The zero-order chi connectivity index (χ0) is 11.5. The van der Waals surface area contributed by atoms with Crippen LogP contribution >= 0.6 is 22.7 Å². The molecule has 2 heterocycles. The predicted molar refractivity (Wildman–Crippen MR) is 63.3 cm³/mol. The van der Waals surface area contributed by atoms with Gasteiger partial charge in [0, 0.05) is 10.3 Å². The second-order valence-corrected chi connectivity index (χ2v) is 4.85. The van der Waals surface area contributed by atoms with Crippen molar-refractivity contribution in [3.05, 3.63) is 27.2 Å². The van der Waals surface area contributed by atoms with Crippen molar-refractivity contribution in [2.24, 2.45) is 0 Å². The van der Waals surface area contributed by atoms with Gasteiger partial charge in [0.05, 0.1) is 17.7 Å². The third-order valence-electron chi connectivity index (χ3n) is 1.97. The van der Waals surface area contributed by atoms with Crippen LogP contribution in [-0.2, 0) is 6.54 Å². The summed E-state index contributed by atoms with van der Waals surface area (Å²) in [5, 5.41) is 13.9. The molecular weight excluding hydrogens is 246 g/mol. The number of rotatable bonds is 4. The molecule has 84 valence electrons. The third kappa shape index (κ3) is 2.37. The predicted octanol–water partition coefficient (Wildman–Crippen LogP) is 2.22. The van der Waals surface area contributed by atoms with Crippen molar-refractivity contribution in [1.29, 1.82) is 0 Å². The maximum atomic E-state index is 10.6. The highest BCUT2D eigenvalue weighted by Crippen LogP contribution is 2.18. The van der Waals surface area contributed by atoms with Crippen molar-refractivity contribution in [3.63, 3.8) is 0 Å². The first kappa shape index (κ1) is 11.0.